The van der Waals surface area contributed by atoms with Gasteiger partial charge in [-0.2, -0.15) is 0 Å². The first-order valence-electron chi connectivity index (χ1n) is 6.18. The molecule has 2 atom stereocenters. The first-order chi connectivity index (χ1) is 8.73. The first kappa shape index (κ1) is 17.4. The molecule has 0 bridgehead atoms. The minimum Gasteiger partial charge on any atom is -0.465 e. The molecule has 0 spiro atoms. The van der Waals surface area contributed by atoms with Crippen LogP contribution in [0.4, 0.5) is 0 Å². The van der Waals surface area contributed by atoms with E-state index in [2.05, 4.69) is 0 Å². The molecule has 0 aliphatic carbocycles. The molecule has 0 aliphatic rings. The van der Waals surface area contributed by atoms with Gasteiger partial charge in [-0.05, 0) is 0 Å². The molecule has 6 nitrogen and oxygen atoms in total. The third-order valence-corrected chi connectivity index (χ3v) is 2.52. The summed E-state index contributed by atoms with van der Waals surface area (Å²) in [5, 5.41) is 0. The highest BCUT2D eigenvalue weighted by Crippen LogP contribution is 2.18. The fourth-order valence-electron chi connectivity index (χ4n) is 1.67. The molecular weight excluding hydrogens is 252 g/mol. The second-order valence-electron chi connectivity index (χ2n) is 4.63. The zero-order chi connectivity index (χ0) is 15.0. The van der Waals surface area contributed by atoms with Crippen LogP contribution in [-0.2, 0) is 28.6 Å². The molecule has 0 fully saturated rings. The fraction of sp³-hybridized carbons (Fsp3) is 0.769. The predicted octanol–water partition coefficient (Wildman–Crippen LogP) is 1.32. The summed E-state index contributed by atoms with van der Waals surface area (Å²) >= 11 is 0. The summed E-state index contributed by atoms with van der Waals surface area (Å²) in [5.41, 5.74) is 0. The van der Waals surface area contributed by atoms with E-state index in [1.165, 1.54) is 20.8 Å². The van der Waals surface area contributed by atoms with Crippen molar-refractivity contribution in [3.63, 3.8) is 0 Å². The molecule has 6 heteroatoms. The molecule has 0 amide bonds. The van der Waals surface area contributed by atoms with E-state index in [0.29, 0.717) is 0 Å². The van der Waals surface area contributed by atoms with Crippen molar-refractivity contribution in [2.45, 2.75) is 40.7 Å². The molecule has 0 radical (unpaired) electrons. The zero-order valence-electron chi connectivity index (χ0n) is 12.1. The van der Waals surface area contributed by atoms with Crippen LogP contribution in [0.2, 0.25) is 0 Å². The fourth-order valence-corrected chi connectivity index (χ4v) is 1.67. The maximum Gasteiger partial charge on any atom is 0.302 e. The van der Waals surface area contributed by atoms with Gasteiger partial charge < -0.3 is 14.2 Å². The van der Waals surface area contributed by atoms with Crippen LogP contribution in [-0.4, -0.2) is 37.2 Å². The first-order valence-corrected chi connectivity index (χ1v) is 6.18. The average Bonchev–Trinajstić information content (AvgIpc) is 2.29. The van der Waals surface area contributed by atoms with E-state index in [1.807, 2.05) is 0 Å². The summed E-state index contributed by atoms with van der Waals surface area (Å²) in [6.45, 7) is 7.85. The van der Waals surface area contributed by atoms with Gasteiger partial charge in [0.05, 0.1) is 13.2 Å². The smallest absolute Gasteiger partial charge is 0.302 e. The molecule has 110 valence electrons. The molecule has 0 saturated heterocycles. The summed E-state index contributed by atoms with van der Waals surface area (Å²) < 4.78 is 15.0. The Balaban J connectivity index is 4.54. The molecule has 0 heterocycles. The summed E-state index contributed by atoms with van der Waals surface area (Å²) in [7, 11) is 0. The van der Waals surface area contributed by atoms with E-state index in [4.69, 9.17) is 14.2 Å². The maximum absolute atomic E-state index is 11.1. The highest BCUT2D eigenvalue weighted by atomic mass is 16.6. The minimum atomic E-state index is -0.476. The van der Waals surface area contributed by atoms with Crippen LogP contribution < -0.4 is 0 Å². The summed E-state index contributed by atoms with van der Waals surface area (Å²) in [6.07, 6.45) is -0.476. The Hall–Kier alpha value is -1.59. The van der Waals surface area contributed by atoms with Crippen LogP contribution in [0.5, 0.6) is 0 Å². The van der Waals surface area contributed by atoms with Gasteiger partial charge in [0.1, 0.15) is 6.10 Å². The maximum atomic E-state index is 11.1. The molecule has 2 unspecified atom stereocenters. The van der Waals surface area contributed by atoms with E-state index in [0.717, 1.165) is 0 Å². The van der Waals surface area contributed by atoms with Crippen LogP contribution in [0.25, 0.3) is 0 Å². The summed E-state index contributed by atoms with van der Waals surface area (Å²) in [4.78, 5) is 32.7. The van der Waals surface area contributed by atoms with Crippen LogP contribution >= 0.6 is 0 Å². The quantitative estimate of drug-likeness (QED) is 0.514. The number of carbonyl (C=O) groups excluding carboxylic acids is 3. The Labute approximate surface area is 113 Å². The van der Waals surface area contributed by atoms with E-state index in [-0.39, 0.29) is 37.0 Å². The van der Waals surface area contributed by atoms with Gasteiger partial charge in [-0.1, -0.05) is 13.8 Å². The van der Waals surface area contributed by atoms with Gasteiger partial charge in [0.25, 0.3) is 0 Å². The Morgan fingerprint density at radius 2 is 1.16 bits per heavy atom. The number of rotatable bonds is 7. The van der Waals surface area contributed by atoms with E-state index in [9.17, 15) is 14.4 Å². The van der Waals surface area contributed by atoms with Crippen molar-refractivity contribution in [1.82, 2.24) is 0 Å². The molecule has 0 aliphatic heterocycles. The standard InChI is InChI=1S/C13H22O6/c1-8(6-17-10(3)14)13(19-12(5)16)9(2)7-18-11(4)15/h8-9,13H,6-7H2,1-5H3. The second-order valence-corrected chi connectivity index (χ2v) is 4.63. The average molecular weight is 274 g/mol. The molecule has 0 aromatic carbocycles. The van der Waals surface area contributed by atoms with Gasteiger partial charge >= 0.3 is 17.9 Å². The molecule has 0 rings (SSSR count). The predicted molar refractivity (Wildman–Crippen MR) is 67.1 cm³/mol. The minimum absolute atomic E-state index is 0.150. The number of esters is 3. The number of carbonyl (C=O) groups is 3. The summed E-state index contributed by atoms with van der Waals surface area (Å²) in [5.74, 6) is -1.56. The lowest BCUT2D eigenvalue weighted by Gasteiger charge is -2.28. The summed E-state index contributed by atoms with van der Waals surface area (Å²) in [6, 6.07) is 0. The van der Waals surface area contributed by atoms with Crippen molar-refractivity contribution in [2.75, 3.05) is 13.2 Å². The van der Waals surface area contributed by atoms with Gasteiger partial charge in [-0.25, -0.2) is 0 Å². The third-order valence-electron chi connectivity index (χ3n) is 2.52. The number of hydrogen-bond donors (Lipinski definition) is 0. The molecule has 0 aromatic rings. The van der Waals surface area contributed by atoms with Gasteiger partial charge in [0, 0.05) is 32.6 Å². The highest BCUT2D eigenvalue weighted by Gasteiger charge is 2.28. The molecular formula is C13H22O6. The number of ether oxygens (including phenoxy) is 3. The van der Waals surface area contributed by atoms with E-state index < -0.39 is 12.1 Å². The Kier molecular flexibility index (Phi) is 7.79. The van der Waals surface area contributed by atoms with Gasteiger partial charge in [0.2, 0.25) is 0 Å². The Bertz CT molecular complexity index is 301. The van der Waals surface area contributed by atoms with Gasteiger partial charge in [-0.3, -0.25) is 14.4 Å². The second kappa shape index (κ2) is 8.50. The molecule has 0 saturated carbocycles. The van der Waals surface area contributed by atoms with Crippen molar-refractivity contribution < 1.29 is 28.6 Å². The Morgan fingerprint density at radius 1 is 0.789 bits per heavy atom. The number of hydrogen-bond acceptors (Lipinski definition) is 6. The van der Waals surface area contributed by atoms with E-state index >= 15 is 0 Å². The van der Waals surface area contributed by atoms with Crippen LogP contribution in [0.15, 0.2) is 0 Å². The normalized spacial score (nSPS) is 15.0. The van der Waals surface area contributed by atoms with Crippen LogP contribution in [0, 0.1) is 11.8 Å². The van der Waals surface area contributed by atoms with Crippen molar-refractivity contribution in [1.29, 1.82) is 0 Å². The monoisotopic (exact) mass is 274 g/mol. The molecule has 19 heavy (non-hydrogen) atoms. The lowest BCUT2D eigenvalue weighted by atomic mass is 9.94. The molecule has 0 aromatic heterocycles. The van der Waals surface area contributed by atoms with Crippen molar-refractivity contribution in [3.05, 3.63) is 0 Å². The van der Waals surface area contributed by atoms with E-state index in [1.54, 1.807) is 13.8 Å². The molecule has 0 N–H and O–H groups in total. The topological polar surface area (TPSA) is 78.9 Å². The lowest BCUT2D eigenvalue weighted by molar-refractivity contribution is -0.158. The zero-order valence-corrected chi connectivity index (χ0v) is 12.1. The van der Waals surface area contributed by atoms with Gasteiger partial charge in [-0.15, -0.1) is 0 Å². The van der Waals surface area contributed by atoms with Crippen molar-refractivity contribution >= 4 is 17.9 Å². The van der Waals surface area contributed by atoms with Crippen LogP contribution in [0.3, 0.4) is 0 Å². The SMILES string of the molecule is CC(=O)OCC(C)C(OC(C)=O)C(C)COC(C)=O. The van der Waals surface area contributed by atoms with Crippen molar-refractivity contribution in [3.8, 4) is 0 Å². The van der Waals surface area contributed by atoms with Crippen molar-refractivity contribution in [2.24, 2.45) is 11.8 Å². The Morgan fingerprint density at radius 3 is 1.42 bits per heavy atom. The highest BCUT2D eigenvalue weighted by molar-refractivity contribution is 5.67. The lowest BCUT2D eigenvalue weighted by Crippen LogP contribution is -2.36. The van der Waals surface area contributed by atoms with Crippen LogP contribution in [0.1, 0.15) is 34.6 Å². The van der Waals surface area contributed by atoms with Gasteiger partial charge in [0.15, 0.2) is 0 Å². The third kappa shape index (κ3) is 8.18. The largest absolute Gasteiger partial charge is 0.465 e.